The number of ether oxygens (including phenoxy) is 5. The molecule has 3 aliphatic rings. The first-order valence-electron chi connectivity index (χ1n) is 25.4. The van der Waals surface area contributed by atoms with Crippen LogP contribution >= 0.6 is 0 Å². The molecule has 4 amide bonds. The lowest BCUT2D eigenvalue weighted by atomic mass is 9.81. The Morgan fingerprint density at radius 1 is 0.587 bits per heavy atom. The first kappa shape index (κ1) is 56.3. The summed E-state index contributed by atoms with van der Waals surface area (Å²) in [4.78, 5) is 56.3. The number of amides is 4. The van der Waals surface area contributed by atoms with Crippen molar-refractivity contribution in [2.45, 2.75) is 75.9 Å². The highest BCUT2D eigenvalue weighted by molar-refractivity contribution is 5.75. The minimum atomic E-state index is -0.598. The molecule has 3 fully saturated rings. The van der Waals surface area contributed by atoms with Crippen LogP contribution in [0.25, 0.3) is 0 Å². The summed E-state index contributed by atoms with van der Waals surface area (Å²) in [5, 5.41) is 6.16. The van der Waals surface area contributed by atoms with E-state index in [4.69, 9.17) is 29.4 Å². The van der Waals surface area contributed by atoms with E-state index in [0.717, 1.165) is 58.1 Å². The first-order valence-corrected chi connectivity index (χ1v) is 25.4. The van der Waals surface area contributed by atoms with E-state index in [2.05, 4.69) is 15.6 Å². The summed E-state index contributed by atoms with van der Waals surface area (Å²) in [5.74, 6) is 1.60. The van der Waals surface area contributed by atoms with Gasteiger partial charge in [0.2, 0.25) is 6.08 Å². The SMILES string of the molecule is C1CCOC1.COc1ccccc1CN.COc1ccccc1CNC(=O)NC1(c2ccccc2)CCN(C(=O)OCc2ccccc2)CC1.O=C=NC1(c2ccccc2)CCN(C(=O)OCc2ccccc2)CC1. The van der Waals surface area contributed by atoms with E-state index in [0.29, 0.717) is 65.0 Å². The third kappa shape index (κ3) is 17.3. The van der Waals surface area contributed by atoms with Crippen LogP contribution in [0.4, 0.5) is 14.4 Å². The Hall–Kier alpha value is -7.97. The molecule has 0 aromatic heterocycles. The third-order valence-electron chi connectivity index (χ3n) is 13.3. The van der Waals surface area contributed by atoms with Crippen molar-refractivity contribution >= 4 is 24.3 Å². The first-order chi connectivity index (χ1) is 36.7. The molecule has 15 heteroatoms. The number of hydrogen-bond acceptors (Lipinski definition) is 11. The number of nitrogens with one attached hydrogen (secondary N) is 2. The van der Waals surface area contributed by atoms with Gasteiger partial charge in [-0.3, -0.25) is 0 Å². The fourth-order valence-corrected chi connectivity index (χ4v) is 8.96. The number of aliphatic imine (C=N–C) groups is 1. The molecule has 6 aromatic rings. The molecular weight excluding hydrogens is 949 g/mol. The maximum atomic E-state index is 13.0. The molecule has 394 valence electrons. The molecule has 4 N–H and O–H groups in total. The maximum Gasteiger partial charge on any atom is 0.410 e. The number of hydrogen-bond donors (Lipinski definition) is 3. The summed E-state index contributed by atoms with van der Waals surface area (Å²) in [6.45, 7) is 5.32. The van der Waals surface area contributed by atoms with Gasteiger partial charge in [-0.2, -0.15) is 4.99 Å². The van der Waals surface area contributed by atoms with E-state index in [1.807, 2.05) is 170 Å². The second-order valence-corrected chi connectivity index (χ2v) is 18.1. The number of methoxy groups -OCH3 is 2. The van der Waals surface area contributed by atoms with Gasteiger partial charge < -0.3 is 49.9 Å². The number of piperidine rings is 2. The largest absolute Gasteiger partial charge is 0.496 e. The van der Waals surface area contributed by atoms with Gasteiger partial charge in [-0.05, 0) is 72.9 Å². The van der Waals surface area contributed by atoms with Crippen LogP contribution in [-0.4, -0.2) is 87.7 Å². The highest BCUT2D eigenvalue weighted by Crippen LogP contribution is 2.37. The molecule has 0 unspecified atom stereocenters. The number of likely N-dealkylation sites (tertiary alicyclic amines) is 2. The summed E-state index contributed by atoms with van der Waals surface area (Å²) in [6, 6.07) is 53.9. The molecule has 0 aliphatic carbocycles. The van der Waals surface area contributed by atoms with Gasteiger partial charge in [-0.25, -0.2) is 19.2 Å². The molecule has 6 aromatic carbocycles. The van der Waals surface area contributed by atoms with Crippen LogP contribution in [0.3, 0.4) is 0 Å². The van der Waals surface area contributed by atoms with Crippen LogP contribution in [0.1, 0.15) is 71.9 Å². The van der Waals surface area contributed by atoms with Gasteiger partial charge in [-0.1, -0.05) is 158 Å². The Bertz CT molecular complexity index is 2640. The number of nitrogens with zero attached hydrogens (tertiary/aromatic N) is 3. The highest BCUT2D eigenvalue weighted by atomic mass is 16.6. The maximum absolute atomic E-state index is 13.0. The van der Waals surface area contributed by atoms with Crippen molar-refractivity contribution in [3.63, 3.8) is 0 Å². The van der Waals surface area contributed by atoms with Crippen molar-refractivity contribution in [1.82, 2.24) is 20.4 Å². The monoisotopic (exact) mass is 1020 g/mol. The van der Waals surface area contributed by atoms with Gasteiger partial charge in [0.1, 0.15) is 30.3 Å². The van der Waals surface area contributed by atoms with Gasteiger partial charge in [0.05, 0.1) is 19.8 Å². The number of urea groups is 1. The number of benzene rings is 6. The highest BCUT2D eigenvalue weighted by Gasteiger charge is 2.40. The van der Waals surface area contributed by atoms with Crippen LogP contribution in [-0.2, 0) is 56.4 Å². The molecule has 9 rings (SSSR count). The Kier molecular flexibility index (Phi) is 22.7. The third-order valence-corrected chi connectivity index (χ3v) is 13.3. The van der Waals surface area contributed by atoms with Gasteiger partial charge in [0.25, 0.3) is 0 Å². The Labute approximate surface area is 441 Å². The number of carbonyl (C=O) groups excluding carboxylic acids is 4. The van der Waals surface area contributed by atoms with Crippen molar-refractivity contribution < 1.29 is 42.9 Å². The van der Waals surface area contributed by atoms with Crippen LogP contribution in [0, 0.1) is 0 Å². The average Bonchev–Trinajstić information content (AvgIpc) is 4.08. The lowest BCUT2D eigenvalue weighted by Gasteiger charge is -2.42. The summed E-state index contributed by atoms with van der Waals surface area (Å²) in [7, 11) is 3.26. The smallest absolute Gasteiger partial charge is 0.410 e. The van der Waals surface area contributed by atoms with Crippen LogP contribution in [0.5, 0.6) is 11.5 Å². The molecule has 75 heavy (non-hydrogen) atoms. The molecule has 0 spiro atoms. The summed E-state index contributed by atoms with van der Waals surface area (Å²) >= 11 is 0. The Balaban J connectivity index is 0.000000196. The molecule has 15 nitrogen and oxygen atoms in total. The Morgan fingerprint density at radius 3 is 1.45 bits per heavy atom. The van der Waals surface area contributed by atoms with E-state index in [9.17, 15) is 19.2 Å². The molecule has 3 aliphatic heterocycles. The summed E-state index contributed by atoms with van der Waals surface area (Å²) in [6.07, 6.45) is 5.91. The van der Waals surface area contributed by atoms with E-state index in [1.165, 1.54) is 12.8 Å². The second kappa shape index (κ2) is 30.3. The molecular formula is C60H70N6O9. The average molecular weight is 1020 g/mol. The van der Waals surface area contributed by atoms with Crippen molar-refractivity contribution in [3.8, 4) is 11.5 Å². The quantitative estimate of drug-likeness (QED) is 0.0743. The van der Waals surface area contributed by atoms with Crippen LogP contribution < -0.4 is 25.8 Å². The molecule has 0 radical (unpaired) electrons. The number of rotatable bonds is 13. The van der Waals surface area contributed by atoms with Crippen molar-refractivity contribution in [2.75, 3.05) is 53.6 Å². The van der Waals surface area contributed by atoms with Crippen molar-refractivity contribution in [3.05, 3.63) is 203 Å². The van der Waals surface area contributed by atoms with Gasteiger partial charge in [-0.15, -0.1) is 0 Å². The van der Waals surface area contributed by atoms with Gasteiger partial charge in [0.15, 0.2) is 0 Å². The second-order valence-electron chi connectivity index (χ2n) is 18.1. The van der Waals surface area contributed by atoms with Crippen LogP contribution in [0.2, 0.25) is 0 Å². The molecule has 3 saturated heterocycles. The van der Waals surface area contributed by atoms with Crippen LogP contribution in [0.15, 0.2) is 175 Å². The van der Waals surface area contributed by atoms with E-state index in [1.54, 1.807) is 30.1 Å². The lowest BCUT2D eigenvalue weighted by molar-refractivity contribution is 0.0733. The normalized spacial score (nSPS) is 15.0. The number of para-hydroxylation sites is 2. The number of isocyanates is 1. The molecule has 0 atom stereocenters. The zero-order chi connectivity index (χ0) is 53.0. The standard InChI is InChI=1S/C28H31N3O4.C20H20N2O3.C8H11NO.C4H8O/c1-34-25-15-9-8-12-23(25)20-29-26(32)30-28(24-13-6-3-7-14-24)16-18-31(19-17-28)27(33)35-21-22-10-4-2-5-11-22;23-16-21-20(18-9-5-2-6-10-18)11-13-22(14-12-20)19(24)25-15-17-7-3-1-4-8-17;1-10-8-5-3-2-4-7(8)6-9;1-2-4-5-3-1/h2-15H,16-21H2,1H3,(H2,29,30,32);1-10H,11-15H2;2-5H,6,9H2,1H3;1-4H2. The molecule has 0 saturated carbocycles. The minimum Gasteiger partial charge on any atom is -0.496 e. The van der Waals surface area contributed by atoms with Crippen molar-refractivity contribution in [1.29, 1.82) is 0 Å². The van der Waals surface area contributed by atoms with E-state index >= 15 is 0 Å². The predicted octanol–water partition coefficient (Wildman–Crippen LogP) is 10.4. The minimum absolute atomic E-state index is 0.240. The van der Waals surface area contributed by atoms with E-state index < -0.39 is 11.1 Å². The molecule has 0 bridgehead atoms. The van der Waals surface area contributed by atoms with Gasteiger partial charge in [0, 0.05) is 63.6 Å². The lowest BCUT2D eigenvalue weighted by Crippen LogP contribution is -2.56. The number of nitrogens with two attached hydrogens (primary N) is 1. The van der Waals surface area contributed by atoms with E-state index in [-0.39, 0.29) is 31.4 Å². The van der Waals surface area contributed by atoms with Gasteiger partial charge >= 0.3 is 18.2 Å². The fourth-order valence-electron chi connectivity index (χ4n) is 8.96. The zero-order valence-corrected chi connectivity index (χ0v) is 43.1. The Morgan fingerprint density at radius 2 is 1.01 bits per heavy atom. The fraction of sp³-hybridized carbons (Fsp3) is 0.333. The predicted molar refractivity (Wildman–Crippen MR) is 289 cm³/mol. The topological polar surface area (TPSA) is 183 Å². The summed E-state index contributed by atoms with van der Waals surface area (Å²) < 4.78 is 26.3. The number of carbonyl (C=O) groups is 3. The van der Waals surface area contributed by atoms with Crippen molar-refractivity contribution in [2.24, 2.45) is 10.7 Å². The zero-order valence-electron chi connectivity index (χ0n) is 43.1. The summed E-state index contributed by atoms with van der Waals surface area (Å²) in [5.41, 5.74) is 10.1. The molecule has 3 heterocycles.